The Morgan fingerprint density at radius 3 is 2.58 bits per heavy atom. The molecule has 1 amide bonds. The summed E-state index contributed by atoms with van der Waals surface area (Å²) in [7, 11) is 0. The van der Waals surface area contributed by atoms with Crippen molar-refractivity contribution < 1.29 is 20.1 Å². The Morgan fingerprint density at radius 2 is 1.92 bits per heavy atom. The van der Waals surface area contributed by atoms with E-state index < -0.39 is 24.3 Å². The lowest BCUT2D eigenvalue weighted by molar-refractivity contribution is -0.125. The van der Waals surface area contributed by atoms with Gasteiger partial charge in [0, 0.05) is 12.6 Å². The molecule has 0 unspecified atom stereocenters. The fourth-order valence-electron chi connectivity index (χ4n) is 3.36. The summed E-state index contributed by atoms with van der Waals surface area (Å²) in [5.41, 5.74) is 1.98. The van der Waals surface area contributed by atoms with Gasteiger partial charge in [-0.1, -0.05) is 37.3 Å². The van der Waals surface area contributed by atoms with E-state index in [9.17, 15) is 20.1 Å². The number of nitrogens with zero attached hydrogens (tertiary/aromatic N) is 2. The Labute approximate surface area is 152 Å². The van der Waals surface area contributed by atoms with Gasteiger partial charge in [0.1, 0.15) is 24.1 Å². The molecule has 0 saturated heterocycles. The number of carbonyl (C=O) groups is 1. The maximum atomic E-state index is 11.8. The van der Waals surface area contributed by atoms with Crippen molar-refractivity contribution in [2.75, 3.05) is 6.61 Å². The number of hydrogen-bond acceptors (Lipinski definition) is 5. The van der Waals surface area contributed by atoms with Crippen LogP contribution in [-0.4, -0.2) is 49.6 Å². The molecule has 0 radical (unpaired) electrons. The molecule has 0 aliphatic carbocycles. The van der Waals surface area contributed by atoms with Gasteiger partial charge in [-0.25, -0.2) is 4.98 Å². The molecule has 0 fully saturated rings. The summed E-state index contributed by atoms with van der Waals surface area (Å²) in [6, 6.07) is 8.54. The standard InChI is InChI=1S/C19H25N3O4/c1-2-15(24)21-16-18(26)17(25)14(11-23)22-10-13(20-19(16)22)9-8-12-6-4-3-5-7-12/h3-7,10,14,16-18,23,25-26H,2,8-9,11H2,1H3,(H,21,24)/t14-,16-,17-,18-/m1/s1. The van der Waals surface area contributed by atoms with E-state index >= 15 is 0 Å². The summed E-state index contributed by atoms with van der Waals surface area (Å²) in [6.07, 6.45) is 1.13. The lowest BCUT2D eigenvalue weighted by atomic mass is 9.94. The number of carbonyl (C=O) groups excluding carboxylic acids is 1. The van der Waals surface area contributed by atoms with Gasteiger partial charge in [0.25, 0.3) is 0 Å². The molecule has 140 valence electrons. The van der Waals surface area contributed by atoms with E-state index in [1.165, 1.54) is 5.56 Å². The molecule has 3 rings (SSSR count). The number of aromatic nitrogens is 2. The van der Waals surface area contributed by atoms with Crippen LogP contribution in [0, 0.1) is 0 Å². The molecular formula is C19H25N3O4. The topological polar surface area (TPSA) is 108 Å². The van der Waals surface area contributed by atoms with Crippen molar-refractivity contribution in [3.8, 4) is 0 Å². The minimum Gasteiger partial charge on any atom is -0.394 e. The SMILES string of the molecule is CCC(=O)N[C@H]1c2nc(CCc3ccccc3)cn2[C@H](CO)[C@@H](O)[C@@H]1O. The second-order valence-corrected chi connectivity index (χ2v) is 6.61. The van der Waals surface area contributed by atoms with Crippen LogP contribution < -0.4 is 5.32 Å². The summed E-state index contributed by atoms with van der Waals surface area (Å²) >= 11 is 0. The van der Waals surface area contributed by atoms with Crippen LogP contribution in [-0.2, 0) is 17.6 Å². The third-order valence-corrected chi connectivity index (χ3v) is 4.87. The number of imidazole rings is 1. The third-order valence-electron chi connectivity index (χ3n) is 4.87. The van der Waals surface area contributed by atoms with E-state index in [4.69, 9.17) is 0 Å². The monoisotopic (exact) mass is 359 g/mol. The number of aliphatic hydroxyl groups excluding tert-OH is 3. The Kier molecular flexibility index (Phi) is 5.70. The van der Waals surface area contributed by atoms with Crippen molar-refractivity contribution in [2.24, 2.45) is 0 Å². The number of amides is 1. The van der Waals surface area contributed by atoms with Crippen LogP contribution in [0.5, 0.6) is 0 Å². The van der Waals surface area contributed by atoms with Gasteiger partial charge in [-0.05, 0) is 18.4 Å². The predicted molar refractivity (Wildman–Crippen MR) is 95.4 cm³/mol. The van der Waals surface area contributed by atoms with Crippen LogP contribution in [0.25, 0.3) is 0 Å². The first-order valence-corrected chi connectivity index (χ1v) is 8.93. The second kappa shape index (κ2) is 7.99. The van der Waals surface area contributed by atoms with E-state index in [0.29, 0.717) is 12.2 Å². The number of fused-ring (bicyclic) bond motifs is 1. The van der Waals surface area contributed by atoms with Crippen LogP contribution in [0.4, 0.5) is 0 Å². The van der Waals surface area contributed by atoms with Gasteiger partial charge in [-0.2, -0.15) is 0 Å². The fraction of sp³-hybridized carbons (Fsp3) is 0.474. The third kappa shape index (κ3) is 3.65. The highest BCUT2D eigenvalue weighted by atomic mass is 16.3. The first kappa shape index (κ1) is 18.6. The largest absolute Gasteiger partial charge is 0.394 e. The van der Waals surface area contributed by atoms with Gasteiger partial charge in [0.15, 0.2) is 0 Å². The zero-order valence-corrected chi connectivity index (χ0v) is 14.7. The van der Waals surface area contributed by atoms with Gasteiger partial charge in [0.2, 0.25) is 5.91 Å². The molecule has 0 bridgehead atoms. The zero-order valence-electron chi connectivity index (χ0n) is 14.7. The van der Waals surface area contributed by atoms with Gasteiger partial charge in [0.05, 0.1) is 18.3 Å². The molecule has 4 N–H and O–H groups in total. The Balaban J connectivity index is 1.86. The summed E-state index contributed by atoms with van der Waals surface area (Å²) in [5, 5.41) is 33.1. The number of nitrogens with one attached hydrogen (secondary N) is 1. The van der Waals surface area contributed by atoms with Gasteiger partial charge >= 0.3 is 0 Å². The zero-order chi connectivity index (χ0) is 18.7. The molecule has 0 saturated carbocycles. The van der Waals surface area contributed by atoms with Gasteiger partial charge in [-0.15, -0.1) is 0 Å². The molecule has 1 aliphatic heterocycles. The molecule has 4 atom stereocenters. The van der Waals surface area contributed by atoms with E-state index in [1.807, 2.05) is 30.3 Å². The molecule has 2 heterocycles. The molecule has 7 nitrogen and oxygen atoms in total. The summed E-state index contributed by atoms with van der Waals surface area (Å²) in [6.45, 7) is 1.39. The van der Waals surface area contributed by atoms with Crippen molar-refractivity contribution in [3.63, 3.8) is 0 Å². The minimum absolute atomic E-state index is 0.232. The van der Waals surface area contributed by atoms with Crippen molar-refractivity contribution in [1.82, 2.24) is 14.9 Å². The van der Waals surface area contributed by atoms with E-state index in [-0.39, 0.29) is 18.9 Å². The van der Waals surface area contributed by atoms with Gasteiger partial charge in [-0.3, -0.25) is 4.79 Å². The smallest absolute Gasteiger partial charge is 0.220 e. The lowest BCUT2D eigenvalue weighted by Crippen LogP contribution is -2.51. The van der Waals surface area contributed by atoms with E-state index in [0.717, 1.165) is 12.1 Å². The molecule has 1 aromatic carbocycles. The second-order valence-electron chi connectivity index (χ2n) is 6.61. The normalized spacial score (nSPS) is 24.9. The number of hydrogen-bond donors (Lipinski definition) is 4. The molecule has 0 spiro atoms. The molecule has 1 aliphatic rings. The average molecular weight is 359 g/mol. The van der Waals surface area contributed by atoms with Crippen molar-refractivity contribution in [1.29, 1.82) is 0 Å². The number of benzene rings is 1. The highest BCUT2D eigenvalue weighted by molar-refractivity contribution is 5.76. The first-order chi connectivity index (χ1) is 12.5. The summed E-state index contributed by atoms with van der Waals surface area (Å²) < 4.78 is 1.68. The molecule has 1 aromatic heterocycles. The van der Waals surface area contributed by atoms with E-state index in [1.54, 1.807) is 17.7 Å². The average Bonchev–Trinajstić information content (AvgIpc) is 3.08. The first-order valence-electron chi connectivity index (χ1n) is 8.93. The molecule has 2 aromatic rings. The number of aryl methyl sites for hydroxylation is 2. The summed E-state index contributed by atoms with van der Waals surface area (Å²) in [4.78, 5) is 16.4. The number of rotatable bonds is 6. The Morgan fingerprint density at radius 1 is 1.19 bits per heavy atom. The molecule has 7 heteroatoms. The lowest BCUT2D eigenvalue weighted by Gasteiger charge is -2.38. The van der Waals surface area contributed by atoms with Crippen LogP contribution in [0.3, 0.4) is 0 Å². The highest BCUT2D eigenvalue weighted by Crippen LogP contribution is 2.32. The van der Waals surface area contributed by atoms with Crippen LogP contribution in [0.2, 0.25) is 0 Å². The van der Waals surface area contributed by atoms with Crippen LogP contribution in [0.15, 0.2) is 36.5 Å². The van der Waals surface area contributed by atoms with Crippen LogP contribution in [0.1, 0.15) is 42.5 Å². The Hall–Kier alpha value is -2.22. The highest BCUT2D eigenvalue weighted by Gasteiger charge is 2.42. The van der Waals surface area contributed by atoms with Crippen molar-refractivity contribution in [2.45, 2.75) is 50.5 Å². The summed E-state index contributed by atoms with van der Waals surface area (Å²) in [5.74, 6) is 0.232. The minimum atomic E-state index is -1.22. The Bertz CT molecular complexity index is 746. The van der Waals surface area contributed by atoms with Crippen molar-refractivity contribution in [3.05, 3.63) is 53.6 Å². The number of aliphatic hydroxyl groups is 3. The molecule has 26 heavy (non-hydrogen) atoms. The van der Waals surface area contributed by atoms with E-state index in [2.05, 4.69) is 10.3 Å². The van der Waals surface area contributed by atoms with Gasteiger partial charge < -0.3 is 25.2 Å². The maximum Gasteiger partial charge on any atom is 0.220 e. The van der Waals surface area contributed by atoms with Crippen LogP contribution >= 0.6 is 0 Å². The predicted octanol–water partition coefficient (Wildman–Crippen LogP) is 0.504. The quantitative estimate of drug-likeness (QED) is 0.601. The molecular weight excluding hydrogens is 334 g/mol. The maximum absolute atomic E-state index is 11.8. The van der Waals surface area contributed by atoms with Crippen molar-refractivity contribution >= 4 is 5.91 Å². The fourth-order valence-corrected chi connectivity index (χ4v) is 3.36.